The van der Waals surface area contributed by atoms with Gasteiger partial charge in [0.2, 0.25) is 0 Å². The van der Waals surface area contributed by atoms with Gasteiger partial charge in [0.05, 0.1) is 5.41 Å². The minimum atomic E-state index is -0.826. The molecule has 0 heterocycles. The fraction of sp³-hybridized carbons (Fsp3) is 0.467. The first kappa shape index (κ1) is 14.4. The molecule has 0 atom stereocenters. The normalized spacial score (nSPS) is 15.4. The van der Waals surface area contributed by atoms with Crippen molar-refractivity contribution in [3.8, 4) is 0 Å². The molecule has 3 N–H and O–H groups in total. The summed E-state index contributed by atoms with van der Waals surface area (Å²) < 4.78 is 0. The highest BCUT2D eigenvalue weighted by Crippen LogP contribution is 2.45. The van der Waals surface area contributed by atoms with Crippen LogP contribution in [0, 0.1) is 5.41 Å². The fourth-order valence-electron chi connectivity index (χ4n) is 2.00. The van der Waals surface area contributed by atoms with E-state index in [2.05, 4.69) is 17.6 Å². The van der Waals surface area contributed by atoms with Crippen LogP contribution in [-0.2, 0) is 17.8 Å². The van der Waals surface area contributed by atoms with Crippen molar-refractivity contribution in [3.63, 3.8) is 0 Å². The SMILES string of the molecule is CCc1ccc(CNC(=O)NCC2(C(=O)O)CC2)cc1. The maximum atomic E-state index is 11.6. The molecular formula is C15H20N2O3. The van der Waals surface area contributed by atoms with Crippen molar-refractivity contribution in [2.24, 2.45) is 5.41 Å². The van der Waals surface area contributed by atoms with Crippen molar-refractivity contribution >= 4 is 12.0 Å². The number of hydrogen-bond donors (Lipinski definition) is 3. The van der Waals surface area contributed by atoms with Gasteiger partial charge in [-0.3, -0.25) is 4.79 Å². The van der Waals surface area contributed by atoms with E-state index in [1.54, 1.807) is 0 Å². The van der Waals surface area contributed by atoms with Crippen molar-refractivity contribution in [3.05, 3.63) is 35.4 Å². The van der Waals surface area contributed by atoms with E-state index < -0.39 is 11.4 Å². The minimum Gasteiger partial charge on any atom is -0.481 e. The highest BCUT2D eigenvalue weighted by Gasteiger charge is 2.50. The van der Waals surface area contributed by atoms with Gasteiger partial charge in [0.25, 0.3) is 0 Å². The van der Waals surface area contributed by atoms with Crippen molar-refractivity contribution < 1.29 is 14.7 Å². The smallest absolute Gasteiger partial charge is 0.315 e. The number of carboxylic acids is 1. The topological polar surface area (TPSA) is 78.4 Å². The summed E-state index contributed by atoms with van der Waals surface area (Å²) in [7, 11) is 0. The van der Waals surface area contributed by atoms with Gasteiger partial charge in [-0.25, -0.2) is 4.79 Å². The maximum Gasteiger partial charge on any atom is 0.315 e. The second-order valence-corrected chi connectivity index (χ2v) is 5.29. The third-order valence-corrected chi connectivity index (χ3v) is 3.78. The largest absolute Gasteiger partial charge is 0.481 e. The Morgan fingerprint density at radius 3 is 2.25 bits per heavy atom. The third-order valence-electron chi connectivity index (χ3n) is 3.78. The Hall–Kier alpha value is -2.04. The van der Waals surface area contributed by atoms with Crippen molar-refractivity contribution in [1.29, 1.82) is 0 Å². The molecule has 0 aliphatic heterocycles. The van der Waals surface area contributed by atoms with E-state index in [1.807, 2.05) is 24.3 Å². The molecule has 20 heavy (non-hydrogen) atoms. The number of benzene rings is 1. The fourth-order valence-corrected chi connectivity index (χ4v) is 2.00. The molecular weight excluding hydrogens is 256 g/mol. The van der Waals surface area contributed by atoms with Crippen LogP contribution < -0.4 is 10.6 Å². The molecule has 5 nitrogen and oxygen atoms in total. The van der Waals surface area contributed by atoms with Crippen LogP contribution in [0.5, 0.6) is 0 Å². The number of carboxylic acid groups (broad SMARTS) is 1. The van der Waals surface area contributed by atoms with Gasteiger partial charge < -0.3 is 15.7 Å². The van der Waals surface area contributed by atoms with E-state index in [0.29, 0.717) is 19.4 Å². The van der Waals surface area contributed by atoms with Crippen LogP contribution in [-0.4, -0.2) is 23.7 Å². The Kier molecular flexibility index (Phi) is 4.27. The zero-order chi connectivity index (χ0) is 14.6. The molecule has 1 fully saturated rings. The van der Waals surface area contributed by atoms with Crippen LogP contribution in [0.25, 0.3) is 0 Å². The molecule has 0 aromatic heterocycles. The predicted molar refractivity (Wildman–Crippen MR) is 75.4 cm³/mol. The van der Waals surface area contributed by atoms with Crippen LogP contribution in [0.1, 0.15) is 30.9 Å². The van der Waals surface area contributed by atoms with Crippen molar-refractivity contribution in [2.45, 2.75) is 32.7 Å². The molecule has 1 saturated carbocycles. The first-order valence-corrected chi connectivity index (χ1v) is 6.89. The lowest BCUT2D eigenvalue weighted by Gasteiger charge is -2.12. The minimum absolute atomic E-state index is 0.197. The number of aryl methyl sites for hydroxylation is 1. The lowest BCUT2D eigenvalue weighted by molar-refractivity contribution is -0.143. The van der Waals surface area contributed by atoms with E-state index >= 15 is 0 Å². The highest BCUT2D eigenvalue weighted by molar-refractivity contribution is 5.80. The van der Waals surface area contributed by atoms with E-state index in [0.717, 1.165) is 12.0 Å². The molecule has 0 bridgehead atoms. The molecule has 0 spiro atoms. The Balaban J connectivity index is 1.73. The predicted octanol–water partition coefficient (Wildman–Crippen LogP) is 1.91. The number of rotatable bonds is 6. The van der Waals surface area contributed by atoms with Gasteiger partial charge in [-0.2, -0.15) is 0 Å². The average molecular weight is 276 g/mol. The maximum absolute atomic E-state index is 11.6. The number of carbonyl (C=O) groups excluding carboxylic acids is 1. The Morgan fingerprint density at radius 1 is 1.15 bits per heavy atom. The zero-order valence-corrected chi connectivity index (χ0v) is 11.6. The number of aliphatic carboxylic acids is 1. The van der Waals surface area contributed by atoms with Gasteiger partial charge in [-0.15, -0.1) is 0 Å². The van der Waals surface area contributed by atoms with E-state index in [4.69, 9.17) is 5.11 Å². The molecule has 0 radical (unpaired) electrons. The number of urea groups is 1. The molecule has 2 amide bonds. The van der Waals surface area contributed by atoms with Crippen LogP contribution >= 0.6 is 0 Å². The summed E-state index contributed by atoms with van der Waals surface area (Å²) in [4.78, 5) is 22.6. The van der Waals surface area contributed by atoms with Crippen molar-refractivity contribution in [2.75, 3.05) is 6.54 Å². The quantitative estimate of drug-likeness (QED) is 0.742. The molecule has 0 unspecified atom stereocenters. The van der Waals surface area contributed by atoms with Crippen LogP contribution in [0.2, 0.25) is 0 Å². The zero-order valence-electron chi connectivity index (χ0n) is 11.6. The standard InChI is InChI=1S/C15H20N2O3/c1-2-11-3-5-12(6-4-11)9-16-14(20)17-10-15(7-8-15)13(18)19/h3-6H,2,7-10H2,1H3,(H,18,19)(H2,16,17,20). The lowest BCUT2D eigenvalue weighted by Crippen LogP contribution is -2.40. The summed E-state index contributed by atoms with van der Waals surface area (Å²) in [6, 6.07) is 7.73. The second-order valence-electron chi connectivity index (χ2n) is 5.29. The van der Waals surface area contributed by atoms with Crippen molar-refractivity contribution in [1.82, 2.24) is 10.6 Å². The molecule has 2 rings (SSSR count). The first-order chi connectivity index (χ1) is 9.55. The lowest BCUT2D eigenvalue weighted by atomic mass is 10.1. The number of nitrogens with one attached hydrogen (secondary N) is 2. The number of amides is 2. The second kappa shape index (κ2) is 5.94. The third kappa shape index (κ3) is 3.50. The Labute approximate surface area is 118 Å². The number of hydrogen-bond acceptors (Lipinski definition) is 2. The van der Waals surface area contributed by atoms with E-state index in [-0.39, 0.29) is 12.6 Å². The van der Waals surface area contributed by atoms with Gasteiger partial charge in [0, 0.05) is 13.1 Å². The molecule has 108 valence electrons. The summed E-state index contributed by atoms with van der Waals surface area (Å²) in [5.41, 5.74) is 1.56. The van der Waals surface area contributed by atoms with Gasteiger partial charge in [-0.05, 0) is 30.4 Å². The first-order valence-electron chi connectivity index (χ1n) is 6.89. The average Bonchev–Trinajstić information content (AvgIpc) is 3.25. The monoisotopic (exact) mass is 276 g/mol. The van der Waals surface area contributed by atoms with Gasteiger partial charge in [0.1, 0.15) is 0 Å². The molecule has 1 aromatic rings. The Bertz CT molecular complexity index is 492. The van der Waals surface area contributed by atoms with E-state index in [9.17, 15) is 9.59 Å². The van der Waals surface area contributed by atoms with Crippen LogP contribution in [0.15, 0.2) is 24.3 Å². The summed E-state index contributed by atoms with van der Waals surface area (Å²) in [5, 5.41) is 14.4. The van der Waals surface area contributed by atoms with E-state index in [1.165, 1.54) is 5.56 Å². The van der Waals surface area contributed by atoms with Gasteiger partial charge in [-0.1, -0.05) is 31.2 Å². The van der Waals surface area contributed by atoms with Gasteiger partial charge >= 0.3 is 12.0 Å². The van der Waals surface area contributed by atoms with Crippen LogP contribution in [0.3, 0.4) is 0 Å². The molecule has 1 aliphatic rings. The highest BCUT2D eigenvalue weighted by atomic mass is 16.4. The van der Waals surface area contributed by atoms with Gasteiger partial charge in [0.15, 0.2) is 0 Å². The Morgan fingerprint density at radius 2 is 1.75 bits per heavy atom. The molecule has 1 aliphatic carbocycles. The summed E-state index contributed by atoms with van der Waals surface area (Å²) in [6.07, 6.45) is 2.27. The summed E-state index contributed by atoms with van der Waals surface area (Å²) in [6.45, 7) is 2.73. The molecule has 5 heteroatoms. The summed E-state index contributed by atoms with van der Waals surface area (Å²) >= 11 is 0. The number of carbonyl (C=O) groups is 2. The summed E-state index contributed by atoms with van der Waals surface area (Å²) in [5.74, 6) is -0.826. The molecule has 1 aromatic carbocycles. The molecule has 0 saturated heterocycles. The van der Waals surface area contributed by atoms with Crippen LogP contribution in [0.4, 0.5) is 4.79 Å².